The Labute approximate surface area is 407 Å². The minimum Gasteiger partial charge on any atom is -0.497 e. The maximum Gasteiger partial charge on any atom is 0.407 e. The summed E-state index contributed by atoms with van der Waals surface area (Å²) in [5, 5.41) is 2.80. The molecule has 0 spiro atoms. The molecule has 12 nitrogen and oxygen atoms in total. The predicted molar refractivity (Wildman–Crippen MR) is 260 cm³/mol. The number of ether oxygens (including phenoxy) is 6. The zero-order chi connectivity index (χ0) is 50.1. The minimum absolute atomic E-state index is 0.151. The van der Waals surface area contributed by atoms with Crippen molar-refractivity contribution in [2.45, 2.75) is 70.2 Å². The highest BCUT2D eigenvalue weighted by atomic mass is 31.2. The van der Waals surface area contributed by atoms with Crippen molar-refractivity contribution in [3.63, 3.8) is 0 Å². The van der Waals surface area contributed by atoms with Gasteiger partial charge in [0, 0.05) is 12.6 Å². The predicted octanol–water partition coefficient (Wildman–Crippen LogP) is 11.4. The number of esters is 1. The van der Waals surface area contributed by atoms with Gasteiger partial charge in [0.05, 0.1) is 38.4 Å². The fourth-order valence-corrected chi connectivity index (χ4v) is 9.49. The second kappa shape index (κ2) is 22.5. The van der Waals surface area contributed by atoms with Gasteiger partial charge in [-0.15, -0.1) is 0 Å². The minimum atomic E-state index is -4.02. The molecule has 0 aromatic heterocycles. The molecule has 1 saturated heterocycles. The number of nitrogens with one attached hydrogen (secondary N) is 1. The lowest BCUT2D eigenvalue weighted by Crippen LogP contribution is -2.49. The Morgan fingerprint density at radius 3 is 1.69 bits per heavy atom. The molecule has 368 valence electrons. The molecule has 1 fully saturated rings. The van der Waals surface area contributed by atoms with E-state index in [0.717, 1.165) is 22.3 Å². The zero-order valence-corrected chi connectivity index (χ0v) is 41.0. The van der Waals surface area contributed by atoms with E-state index in [1.807, 2.05) is 78.9 Å². The van der Waals surface area contributed by atoms with Crippen LogP contribution in [0.1, 0.15) is 67.0 Å². The van der Waals surface area contributed by atoms with Crippen molar-refractivity contribution in [2.75, 3.05) is 34.1 Å². The summed E-state index contributed by atoms with van der Waals surface area (Å²) in [4.78, 5) is 26.5. The molecule has 5 atom stereocenters. The first kappa shape index (κ1) is 51.3. The highest BCUT2D eigenvalue weighted by molar-refractivity contribution is 7.53. The monoisotopic (exact) mass is 977 g/mol. The van der Waals surface area contributed by atoms with Gasteiger partial charge in [-0.3, -0.25) is 9.32 Å². The molecule has 1 amide bonds. The van der Waals surface area contributed by atoms with Crippen LogP contribution in [0.2, 0.25) is 0 Å². The van der Waals surface area contributed by atoms with Crippen LogP contribution in [0.15, 0.2) is 152 Å². The number of hydrogen-bond donors (Lipinski definition) is 1. The average molecular weight is 978 g/mol. The molecule has 1 aliphatic heterocycles. The smallest absolute Gasteiger partial charge is 0.407 e. The number of halogens is 2. The van der Waals surface area contributed by atoms with Crippen molar-refractivity contribution >= 4 is 19.7 Å². The lowest BCUT2D eigenvalue weighted by molar-refractivity contribution is -0.158. The highest BCUT2D eigenvalue weighted by Crippen LogP contribution is 2.49. The normalized spacial score (nSPS) is 17.9. The Morgan fingerprint density at radius 1 is 0.686 bits per heavy atom. The number of carbonyl (C=O) groups is 2. The summed E-state index contributed by atoms with van der Waals surface area (Å²) >= 11 is 0. The van der Waals surface area contributed by atoms with Crippen molar-refractivity contribution in [1.82, 2.24) is 5.32 Å². The van der Waals surface area contributed by atoms with E-state index < -0.39 is 72.6 Å². The van der Waals surface area contributed by atoms with Crippen molar-refractivity contribution in [3.8, 4) is 17.2 Å². The van der Waals surface area contributed by atoms with Gasteiger partial charge in [-0.05, 0) is 122 Å². The lowest BCUT2D eigenvalue weighted by Gasteiger charge is -2.36. The Hall–Kier alpha value is -6.57. The van der Waals surface area contributed by atoms with Crippen LogP contribution >= 0.6 is 7.60 Å². The van der Waals surface area contributed by atoms with Crippen molar-refractivity contribution < 1.29 is 60.4 Å². The van der Waals surface area contributed by atoms with Gasteiger partial charge in [0.2, 0.25) is 0 Å². The molecule has 0 aliphatic carbocycles. The second-order valence-corrected chi connectivity index (χ2v) is 20.0. The molecule has 6 aromatic rings. The first-order valence-corrected chi connectivity index (χ1v) is 24.8. The van der Waals surface area contributed by atoms with Crippen molar-refractivity contribution in [3.05, 3.63) is 197 Å². The van der Waals surface area contributed by atoms with Gasteiger partial charge in [-0.2, -0.15) is 0 Å². The van der Waals surface area contributed by atoms with Crippen LogP contribution in [0.25, 0.3) is 0 Å². The van der Waals surface area contributed by atoms with E-state index in [9.17, 15) is 22.9 Å². The van der Waals surface area contributed by atoms with E-state index >= 15 is 0 Å². The van der Waals surface area contributed by atoms with Crippen LogP contribution in [-0.4, -0.2) is 70.5 Å². The Bertz CT molecular complexity index is 2610. The van der Waals surface area contributed by atoms with E-state index in [2.05, 4.69) is 5.32 Å². The summed E-state index contributed by atoms with van der Waals surface area (Å²) < 4.78 is 89.9. The summed E-state index contributed by atoms with van der Waals surface area (Å²) in [6.45, 7) is 7.79. The number of hydrogen-bond acceptors (Lipinski definition) is 11. The second-order valence-electron chi connectivity index (χ2n) is 18.0. The summed E-state index contributed by atoms with van der Waals surface area (Å²) in [5.74, 6) is -0.332. The van der Waals surface area contributed by atoms with Crippen LogP contribution in [0.3, 0.4) is 0 Å². The first-order chi connectivity index (χ1) is 33.5. The van der Waals surface area contributed by atoms with Crippen LogP contribution in [0, 0.1) is 17.0 Å². The van der Waals surface area contributed by atoms with E-state index in [1.165, 1.54) is 30.9 Å². The summed E-state index contributed by atoms with van der Waals surface area (Å²) in [7, 11) is -0.790. The standard InChI is InChI=1S/C55H58F2NO11P/c1-36-50(58-53(60)65-34-48(38-15-23-43(56)24-16-38)39-17-25-44(57)26-18-39)51(49(67-36)35-64-52(59)54(2,3)4)69-70(7,61)68-47-27-13-37(14-28-47)33-66-55(40-11-9-8-10-12-40,41-19-29-45(62-5)30-20-41)42-21-31-46(63-6)32-22-42/h8-32,36,48-51H,33-35H2,1-7H3,(H,58,60)/t36-,49+,50?,51?,70?/m0/s1. The molecular weight excluding hydrogens is 920 g/mol. The summed E-state index contributed by atoms with van der Waals surface area (Å²) in [5.41, 5.74) is 2.78. The summed E-state index contributed by atoms with van der Waals surface area (Å²) in [6, 6.07) is 42.8. The molecule has 0 radical (unpaired) electrons. The largest absolute Gasteiger partial charge is 0.497 e. The maximum absolute atomic E-state index is 14.4. The van der Waals surface area contributed by atoms with E-state index in [4.69, 9.17) is 37.5 Å². The molecule has 70 heavy (non-hydrogen) atoms. The molecule has 0 bridgehead atoms. The van der Waals surface area contributed by atoms with Crippen LogP contribution in [-0.2, 0) is 45.0 Å². The van der Waals surface area contributed by atoms with Crippen LogP contribution < -0.4 is 19.3 Å². The third-order valence-corrected chi connectivity index (χ3v) is 13.1. The van der Waals surface area contributed by atoms with Gasteiger partial charge in [-0.1, -0.05) is 91.0 Å². The molecule has 1 heterocycles. The number of amides is 1. The van der Waals surface area contributed by atoms with Crippen LogP contribution in [0.4, 0.5) is 13.6 Å². The van der Waals surface area contributed by atoms with Gasteiger partial charge in [-0.25, -0.2) is 18.1 Å². The zero-order valence-electron chi connectivity index (χ0n) is 40.1. The van der Waals surface area contributed by atoms with Gasteiger partial charge in [0.15, 0.2) is 0 Å². The molecule has 1 aliphatic rings. The Balaban J connectivity index is 1.08. The molecule has 7 rings (SSSR count). The van der Waals surface area contributed by atoms with Gasteiger partial charge in [0.1, 0.15) is 59.9 Å². The SMILES string of the molecule is COc1ccc(C(OCc2ccc(OP(C)(=O)OC3C(NC(=O)OCC(c4ccc(F)cc4)c4ccc(F)cc4)[C@H](C)O[C@@H]3COC(=O)C(C)(C)C)cc2)(c2ccccc2)c2ccc(OC)cc2)cc1. The topological polar surface area (TPSA) is 137 Å². The Morgan fingerprint density at radius 2 is 1.19 bits per heavy atom. The van der Waals surface area contributed by atoms with Crippen molar-refractivity contribution in [2.24, 2.45) is 5.41 Å². The molecular formula is C55H58F2NO11P. The fourth-order valence-electron chi connectivity index (χ4n) is 8.24. The van der Waals surface area contributed by atoms with E-state index in [1.54, 1.807) is 90.4 Å². The lowest BCUT2D eigenvalue weighted by atomic mass is 9.80. The van der Waals surface area contributed by atoms with Gasteiger partial charge < -0.3 is 38.3 Å². The number of methoxy groups -OCH3 is 2. The maximum atomic E-state index is 14.4. The molecule has 6 aromatic carbocycles. The fraction of sp³-hybridized carbons (Fsp3) is 0.309. The quantitative estimate of drug-likeness (QED) is 0.0472. The molecule has 0 saturated carbocycles. The molecule has 3 unspecified atom stereocenters. The number of rotatable bonds is 19. The number of alkyl carbamates (subject to hydrolysis) is 1. The van der Waals surface area contributed by atoms with Gasteiger partial charge >= 0.3 is 19.7 Å². The van der Waals surface area contributed by atoms with Crippen LogP contribution in [0.5, 0.6) is 17.2 Å². The van der Waals surface area contributed by atoms with Crippen molar-refractivity contribution in [1.29, 1.82) is 0 Å². The Kier molecular flexibility index (Phi) is 16.5. The number of carbonyl (C=O) groups excluding carboxylic acids is 2. The molecule has 1 N–H and O–H groups in total. The number of benzene rings is 6. The molecule has 15 heteroatoms. The first-order valence-electron chi connectivity index (χ1n) is 22.8. The third-order valence-electron chi connectivity index (χ3n) is 12.0. The average Bonchev–Trinajstić information content (AvgIpc) is 3.63. The third kappa shape index (κ3) is 12.6. The van der Waals surface area contributed by atoms with Gasteiger partial charge in [0.25, 0.3) is 0 Å². The highest BCUT2D eigenvalue weighted by Gasteiger charge is 2.48. The van der Waals surface area contributed by atoms with E-state index in [0.29, 0.717) is 22.6 Å². The summed E-state index contributed by atoms with van der Waals surface area (Å²) in [6.07, 6.45) is -3.73. The van der Waals surface area contributed by atoms with E-state index in [-0.39, 0.29) is 25.6 Å².